The third kappa shape index (κ3) is 3.69. The first kappa shape index (κ1) is 16.7. The summed E-state index contributed by atoms with van der Waals surface area (Å²) in [5.41, 5.74) is 3.05. The Hall–Kier alpha value is -3.13. The second-order valence-electron chi connectivity index (χ2n) is 6.11. The normalized spacial score (nSPS) is 16.6. The SMILES string of the molecule is CCc1cccc(N2C[C@H](C(=O)Nc3cccc(C#N)c3)CC2=O)c1. The Morgan fingerprint density at radius 1 is 1.28 bits per heavy atom. The number of amides is 2. The van der Waals surface area contributed by atoms with Gasteiger partial charge in [0, 0.05) is 24.3 Å². The van der Waals surface area contributed by atoms with E-state index in [-0.39, 0.29) is 18.2 Å². The van der Waals surface area contributed by atoms with Crippen molar-refractivity contribution in [2.75, 3.05) is 16.8 Å². The molecule has 1 atom stereocenters. The van der Waals surface area contributed by atoms with E-state index < -0.39 is 5.92 Å². The largest absolute Gasteiger partial charge is 0.326 e. The van der Waals surface area contributed by atoms with E-state index in [0.29, 0.717) is 17.8 Å². The van der Waals surface area contributed by atoms with Crippen LogP contribution in [0.3, 0.4) is 0 Å². The minimum atomic E-state index is -0.400. The van der Waals surface area contributed by atoms with Crippen LogP contribution in [-0.4, -0.2) is 18.4 Å². The number of hydrogen-bond acceptors (Lipinski definition) is 3. The third-order valence-corrected chi connectivity index (χ3v) is 4.39. The van der Waals surface area contributed by atoms with Crippen LogP contribution < -0.4 is 10.2 Å². The number of hydrogen-bond donors (Lipinski definition) is 1. The van der Waals surface area contributed by atoms with Gasteiger partial charge in [-0.1, -0.05) is 25.1 Å². The van der Waals surface area contributed by atoms with Crippen molar-refractivity contribution in [1.29, 1.82) is 5.26 Å². The molecule has 0 aliphatic carbocycles. The Balaban J connectivity index is 1.71. The summed E-state index contributed by atoms with van der Waals surface area (Å²) in [5.74, 6) is -0.639. The second-order valence-corrected chi connectivity index (χ2v) is 6.11. The molecule has 1 fully saturated rings. The molecule has 3 rings (SSSR count). The molecule has 0 aromatic heterocycles. The summed E-state index contributed by atoms with van der Waals surface area (Å²) in [6, 6.07) is 16.6. The smallest absolute Gasteiger partial charge is 0.229 e. The summed E-state index contributed by atoms with van der Waals surface area (Å²) in [7, 11) is 0. The zero-order valence-electron chi connectivity index (χ0n) is 14.0. The molecular formula is C20H19N3O2. The number of carbonyl (C=O) groups is 2. The van der Waals surface area contributed by atoms with E-state index in [1.54, 1.807) is 29.2 Å². The van der Waals surface area contributed by atoms with Gasteiger partial charge in [-0.3, -0.25) is 9.59 Å². The molecule has 2 amide bonds. The lowest BCUT2D eigenvalue weighted by atomic mass is 10.1. The first-order chi connectivity index (χ1) is 12.1. The van der Waals surface area contributed by atoms with Gasteiger partial charge in [0.25, 0.3) is 0 Å². The highest BCUT2D eigenvalue weighted by atomic mass is 16.2. The number of carbonyl (C=O) groups excluding carboxylic acids is 2. The molecule has 1 aliphatic rings. The van der Waals surface area contributed by atoms with Crippen molar-refractivity contribution >= 4 is 23.2 Å². The van der Waals surface area contributed by atoms with Crippen LogP contribution in [0.5, 0.6) is 0 Å². The summed E-state index contributed by atoms with van der Waals surface area (Å²) < 4.78 is 0. The maximum Gasteiger partial charge on any atom is 0.229 e. The summed E-state index contributed by atoms with van der Waals surface area (Å²) in [6.45, 7) is 2.44. The van der Waals surface area contributed by atoms with Gasteiger partial charge in [0.05, 0.1) is 17.6 Å². The molecule has 1 heterocycles. The lowest BCUT2D eigenvalue weighted by Crippen LogP contribution is -2.28. The Kier molecular flexibility index (Phi) is 4.80. The molecule has 0 saturated carbocycles. The zero-order chi connectivity index (χ0) is 17.8. The van der Waals surface area contributed by atoms with Crippen LogP contribution in [-0.2, 0) is 16.0 Å². The van der Waals surface area contributed by atoms with Crippen LogP contribution in [0, 0.1) is 17.2 Å². The summed E-state index contributed by atoms with van der Waals surface area (Å²) in [4.78, 5) is 26.5. The minimum absolute atomic E-state index is 0.0424. The number of rotatable bonds is 4. The van der Waals surface area contributed by atoms with Gasteiger partial charge in [0.1, 0.15) is 0 Å². The number of aryl methyl sites for hydroxylation is 1. The van der Waals surface area contributed by atoms with E-state index in [4.69, 9.17) is 5.26 Å². The molecule has 5 nitrogen and oxygen atoms in total. The molecule has 25 heavy (non-hydrogen) atoms. The van der Waals surface area contributed by atoms with E-state index in [9.17, 15) is 9.59 Å². The molecule has 2 aromatic rings. The molecule has 0 unspecified atom stereocenters. The highest BCUT2D eigenvalue weighted by Crippen LogP contribution is 2.27. The predicted octanol–water partition coefficient (Wildman–Crippen LogP) is 3.11. The Labute approximate surface area is 146 Å². The van der Waals surface area contributed by atoms with Crippen molar-refractivity contribution < 1.29 is 9.59 Å². The average Bonchev–Trinajstić information content (AvgIpc) is 3.04. The fourth-order valence-corrected chi connectivity index (χ4v) is 2.99. The van der Waals surface area contributed by atoms with Crippen LogP contribution in [0.25, 0.3) is 0 Å². The summed E-state index contributed by atoms with van der Waals surface area (Å²) >= 11 is 0. The van der Waals surface area contributed by atoms with Crippen molar-refractivity contribution in [3.8, 4) is 6.07 Å². The summed E-state index contributed by atoms with van der Waals surface area (Å²) in [6.07, 6.45) is 1.09. The number of anilines is 2. The molecule has 0 radical (unpaired) electrons. The first-order valence-electron chi connectivity index (χ1n) is 8.31. The third-order valence-electron chi connectivity index (χ3n) is 4.39. The topological polar surface area (TPSA) is 73.2 Å². The van der Waals surface area contributed by atoms with Crippen molar-refractivity contribution in [1.82, 2.24) is 0 Å². The van der Waals surface area contributed by atoms with E-state index in [0.717, 1.165) is 17.7 Å². The molecule has 2 aromatic carbocycles. The Bertz CT molecular complexity index is 854. The first-order valence-corrected chi connectivity index (χ1v) is 8.31. The van der Waals surface area contributed by atoms with Crippen LogP contribution >= 0.6 is 0 Å². The Morgan fingerprint density at radius 3 is 2.84 bits per heavy atom. The zero-order valence-corrected chi connectivity index (χ0v) is 14.0. The summed E-state index contributed by atoms with van der Waals surface area (Å²) in [5, 5.41) is 11.7. The van der Waals surface area contributed by atoms with Gasteiger partial charge < -0.3 is 10.2 Å². The van der Waals surface area contributed by atoms with Gasteiger partial charge >= 0.3 is 0 Å². The van der Waals surface area contributed by atoms with Gasteiger partial charge in [0.2, 0.25) is 11.8 Å². The van der Waals surface area contributed by atoms with Gasteiger partial charge in [-0.25, -0.2) is 0 Å². The predicted molar refractivity (Wildman–Crippen MR) is 96.1 cm³/mol. The highest BCUT2D eigenvalue weighted by Gasteiger charge is 2.35. The van der Waals surface area contributed by atoms with E-state index in [2.05, 4.69) is 12.2 Å². The van der Waals surface area contributed by atoms with Gasteiger partial charge in [-0.05, 0) is 42.3 Å². The second kappa shape index (κ2) is 7.18. The lowest BCUT2D eigenvalue weighted by Gasteiger charge is -2.17. The van der Waals surface area contributed by atoms with Crippen LogP contribution in [0.2, 0.25) is 0 Å². The monoisotopic (exact) mass is 333 g/mol. The van der Waals surface area contributed by atoms with Crippen molar-refractivity contribution in [3.05, 3.63) is 59.7 Å². The maximum absolute atomic E-state index is 12.5. The highest BCUT2D eigenvalue weighted by molar-refractivity contribution is 6.03. The quantitative estimate of drug-likeness (QED) is 0.934. The molecule has 5 heteroatoms. The fourth-order valence-electron chi connectivity index (χ4n) is 2.99. The van der Waals surface area contributed by atoms with Crippen molar-refractivity contribution in [2.45, 2.75) is 19.8 Å². The van der Waals surface area contributed by atoms with Gasteiger partial charge in [-0.15, -0.1) is 0 Å². The standard InChI is InChI=1S/C20H19N3O2/c1-2-14-5-4-8-18(10-14)23-13-16(11-19(23)24)20(25)22-17-7-3-6-15(9-17)12-21/h3-10,16H,2,11,13H2,1H3,(H,22,25)/t16-/m1/s1. The number of nitriles is 1. The number of nitrogens with zero attached hydrogens (tertiary/aromatic N) is 2. The van der Waals surface area contributed by atoms with Crippen LogP contribution in [0.1, 0.15) is 24.5 Å². The molecule has 1 saturated heterocycles. The molecule has 126 valence electrons. The van der Waals surface area contributed by atoms with Crippen LogP contribution in [0.15, 0.2) is 48.5 Å². The van der Waals surface area contributed by atoms with Gasteiger partial charge in [-0.2, -0.15) is 5.26 Å². The molecule has 0 bridgehead atoms. The minimum Gasteiger partial charge on any atom is -0.326 e. The maximum atomic E-state index is 12.5. The average molecular weight is 333 g/mol. The van der Waals surface area contributed by atoms with E-state index in [1.807, 2.05) is 30.3 Å². The van der Waals surface area contributed by atoms with Crippen molar-refractivity contribution in [2.24, 2.45) is 5.92 Å². The molecule has 1 N–H and O–H groups in total. The lowest BCUT2D eigenvalue weighted by molar-refractivity contribution is -0.122. The number of nitrogens with one attached hydrogen (secondary N) is 1. The van der Waals surface area contributed by atoms with Gasteiger partial charge in [0.15, 0.2) is 0 Å². The number of benzene rings is 2. The fraction of sp³-hybridized carbons (Fsp3) is 0.250. The van der Waals surface area contributed by atoms with Crippen molar-refractivity contribution in [3.63, 3.8) is 0 Å². The van der Waals surface area contributed by atoms with E-state index >= 15 is 0 Å². The molecule has 0 spiro atoms. The molecule has 1 aliphatic heterocycles. The Morgan fingerprint density at radius 2 is 2.08 bits per heavy atom. The van der Waals surface area contributed by atoms with Crippen LogP contribution in [0.4, 0.5) is 11.4 Å². The van der Waals surface area contributed by atoms with E-state index in [1.165, 1.54) is 0 Å². The molecular weight excluding hydrogens is 314 g/mol.